The summed E-state index contributed by atoms with van der Waals surface area (Å²) in [6.07, 6.45) is 4.36. The van der Waals surface area contributed by atoms with Crippen LogP contribution in [0.25, 0.3) is 0 Å². The highest BCUT2D eigenvalue weighted by Gasteiger charge is 2.41. The first-order valence-corrected chi connectivity index (χ1v) is 6.90. The van der Waals surface area contributed by atoms with Gasteiger partial charge in [-0.2, -0.15) is 0 Å². The van der Waals surface area contributed by atoms with Gasteiger partial charge in [-0.05, 0) is 12.8 Å². The molecule has 0 radical (unpaired) electrons. The Kier molecular flexibility index (Phi) is 4.10. The lowest BCUT2D eigenvalue weighted by atomic mass is 9.80. The first-order valence-electron chi connectivity index (χ1n) is 6.90. The van der Waals surface area contributed by atoms with E-state index in [1.165, 1.54) is 4.90 Å². The third kappa shape index (κ3) is 3.25. The Hall–Kier alpha value is -1.14. The van der Waals surface area contributed by atoms with E-state index < -0.39 is 23.7 Å². The van der Waals surface area contributed by atoms with Gasteiger partial charge < -0.3 is 20.8 Å². The number of hydrogen-bond acceptors (Lipinski definition) is 4. The monoisotopic (exact) mass is 270 g/mol. The van der Waals surface area contributed by atoms with Crippen LogP contribution in [0, 0.1) is 0 Å². The normalized spacial score (nSPS) is 30.3. The summed E-state index contributed by atoms with van der Waals surface area (Å²) in [6.45, 7) is 0.103. The van der Waals surface area contributed by atoms with Crippen LogP contribution in [-0.2, 0) is 9.59 Å². The second kappa shape index (κ2) is 5.46. The summed E-state index contributed by atoms with van der Waals surface area (Å²) in [6, 6.07) is -0.908. The number of rotatable bonds is 3. The number of carbonyl (C=O) groups is 2. The predicted octanol–water partition coefficient (Wildman–Crippen LogP) is 0.0845. The van der Waals surface area contributed by atoms with Gasteiger partial charge in [0.15, 0.2) is 0 Å². The topological polar surface area (TPSA) is 104 Å². The van der Waals surface area contributed by atoms with Gasteiger partial charge in [0, 0.05) is 24.9 Å². The molecule has 1 heterocycles. The maximum absolute atomic E-state index is 12.3. The molecular weight excluding hydrogens is 248 g/mol. The highest BCUT2D eigenvalue weighted by molar-refractivity contribution is 5.85. The van der Waals surface area contributed by atoms with Gasteiger partial charge in [0.1, 0.15) is 6.04 Å². The molecule has 6 heteroatoms. The first-order chi connectivity index (χ1) is 8.91. The number of β-amino-alcohol motifs (C(OH)–C–C–N with tert-alkyl or cyclic N) is 1. The fourth-order valence-electron chi connectivity index (χ4n) is 3.16. The van der Waals surface area contributed by atoms with Crippen molar-refractivity contribution in [1.29, 1.82) is 0 Å². The predicted molar refractivity (Wildman–Crippen MR) is 68.4 cm³/mol. The molecule has 1 aliphatic heterocycles. The van der Waals surface area contributed by atoms with Crippen LogP contribution in [0.3, 0.4) is 0 Å². The number of carboxylic acid groups (broad SMARTS) is 1. The molecular formula is C13H22N2O4. The lowest BCUT2D eigenvalue weighted by molar-refractivity contribution is -0.148. The van der Waals surface area contributed by atoms with E-state index >= 15 is 0 Å². The van der Waals surface area contributed by atoms with Crippen LogP contribution in [0.5, 0.6) is 0 Å². The summed E-state index contributed by atoms with van der Waals surface area (Å²) in [5.74, 6) is -1.30. The van der Waals surface area contributed by atoms with E-state index in [2.05, 4.69) is 0 Å². The summed E-state index contributed by atoms with van der Waals surface area (Å²) >= 11 is 0. The molecule has 2 atom stereocenters. The largest absolute Gasteiger partial charge is 0.480 e. The van der Waals surface area contributed by atoms with Crippen LogP contribution < -0.4 is 5.73 Å². The van der Waals surface area contributed by atoms with Gasteiger partial charge in [0.25, 0.3) is 0 Å². The van der Waals surface area contributed by atoms with E-state index in [1.807, 2.05) is 0 Å². The number of amides is 1. The summed E-state index contributed by atoms with van der Waals surface area (Å²) < 4.78 is 0. The average Bonchev–Trinajstić information content (AvgIpc) is 2.72. The number of carboxylic acids is 1. The third-order valence-corrected chi connectivity index (χ3v) is 4.24. The Bertz CT molecular complexity index is 366. The van der Waals surface area contributed by atoms with Crippen molar-refractivity contribution in [3.05, 3.63) is 0 Å². The molecule has 2 fully saturated rings. The number of nitrogens with two attached hydrogens (primary N) is 1. The van der Waals surface area contributed by atoms with Crippen molar-refractivity contribution < 1.29 is 19.8 Å². The van der Waals surface area contributed by atoms with Crippen molar-refractivity contribution in [3.63, 3.8) is 0 Å². The van der Waals surface area contributed by atoms with E-state index in [0.717, 1.165) is 32.1 Å². The molecule has 0 bridgehead atoms. The number of hydrogen-bond donors (Lipinski definition) is 3. The van der Waals surface area contributed by atoms with Crippen molar-refractivity contribution in [2.45, 2.75) is 62.6 Å². The molecule has 0 aromatic carbocycles. The molecule has 108 valence electrons. The zero-order valence-electron chi connectivity index (χ0n) is 11.0. The lowest BCUT2D eigenvalue weighted by Crippen LogP contribution is -2.49. The second-order valence-corrected chi connectivity index (χ2v) is 5.89. The maximum atomic E-state index is 12.3. The van der Waals surface area contributed by atoms with E-state index in [0.29, 0.717) is 0 Å². The standard InChI is InChI=1S/C13H22N2O4/c14-13(4-2-1-3-5-13)7-11(17)15-8-9(16)6-10(15)12(18)19/h9-10,16H,1-8,14H2,(H,18,19)/t9-,10+/m1/s1. The van der Waals surface area contributed by atoms with Crippen molar-refractivity contribution >= 4 is 11.9 Å². The Balaban J connectivity index is 2.00. The minimum absolute atomic E-state index is 0.103. The van der Waals surface area contributed by atoms with Gasteiger partial charge in [0.2, 0.25) is 5.91 Å². The minimum atomic E-state index is -1.06. The third-order valence-electron chi connectivity index (χ3n) is 4.24. The van der Waals surface area contributed by atoms with E-state index in [9.17, 15) is 14.7 Å². The number of nitrogens with zero attached hydrogens (tertiary/aromatic N) is 1. The fraction of sp³-hybridized carbons (Fsp3) is 0.846. The molecule has 1 amide bonds. The van der Waals surface area contributed by atoms with Crippen molar-refractivity contribution in [3.8, 4) is 0 Å². The molecule has 0 unspecified atom stereocenters. The summed E-state index contributed by atoms with van der Waals surface area (Å²) in [5.41, 5.74) is 5.73. The summed E-state index contributed by atoms with van der Waals surface area (Å²) in [5, 5.41) is 18.6. The van der Waals surface area contributed by atoms with Crippen LogP contribution in [0.4, 0.5) is 0 Å². The minimum Gasteiger partial charge on any atom is -0.480 e. The van der Waals surface area contributed by atoms with E-state index in [1.54, 1.807) is 0 Å². The van der Waals surface area contributed by atoms with Gasteiger partial charge in [-0.15, -0.1) is 0 Å². The van der Waals surface area contributed by atoms with Gasteiger partial charge in [-0.25, -0.2) is 4.79 Å². The van der Waals surface area contributed by atoms with Gasteiger partial charge >= 0.3 is 5.97 Å². The second-order valence-electron chi connectivity index (χ2n) is 5.89. The number of aliphatic carboxylic acids is 1. The maximum Gasteiger partial charge on any atom is 0.326 e. The first kappa shape index (κ1) is 14.3. The fourth-order valence-corrected chi connectivity index (χ4v) is 3.16. The number of aliphatic hydroxyl groups excluding tert-OH is 1. The Labute approximate surface area is 112 Å². The zero-order valence-corrected chi connectivity index (χ0v) is 11.0. The Morgan fingerprint density at radius 1 is 1.26 bits per heavy atom. The van der Waals surface area contributed by atoms with Crippen LogP contribution in [0.15, 0.2) is 0 Å². The van der Waals surface area contributed by atoms with E-state index in [4.69, 9.17) is 10.8 Å². The lowest BCUT2D eigenvalue weighted by Gasteiger charge is -2.34. The molecule has 0 aromatic rings. The summed E-state index contributed by atoms with van der Waals surface area (Å²) in [7, 11) is 0. The average molecular weight is 270 g/mol. The Morgan fingerprint density at radius 2 is 1.89 bits per heavy atom. The molecule has 0 spiro atoms. The SMILES string of the molecule is NC1(CC(=O)N2C[C@H](O)C[C@H]2C(=O)O)CCCCC1. The molecule has 6 nitrogen and oxygen atoms in total. The van der Waals surface area contributed by atoms with Crippen molar-refractivity contribution in [2.24, 2.45) is 5.73 Å². The smallest absolute Gasteiger partial charge is 0.326 e. The number of aliphatic hydroxyl groups is 1. The highest BCUT2D eigenvalue weighted by atomic mass is 16.4. The van der Waals surface area contributed by atoms with Crippen LogP contribution in [-0.4, -0.2) is 51.2 Å². The molecule has 1 aliphatic carbocycles. The van der Waals surface area contributed by atoms with Crippen molar-refractivity contribution in [1.82, 2.24) is 4.90 Å². The zero-order chi connectivity index (χ0) is 14.0. The summed E-state index contributed by atoms with van der Waals surface area (Å²) in [4.78, 5) is 24.6. The molecule has 4 N–H and O–H groups in total. The van der Waals surface area contributed by atoms with Gasteiger partial charge in [0.05, 0.1) is 6.10 Å². The van der Waals surface area contributed by atoms with Crippen molar-refractivity contribution in [2.75, 3.05) is 6.54 Å². The van der Waals surface area contributed by atoms with Gasteiger partial charge in [-0.1, -0.05) is 19.3 Å². The molecule has 1 saturated heterocycles. The van der Waals surface area contributed by atoms with Crippen LogP contribution in [0.1, 0.15) is 44.9 Å². The molecule has 19 heavy (non-hydrogen) atoms. The van der Waals surface area contributed by atoms with E-state index in [-0.39, 0.29) is 25.3 Å². The molecule has 2 aliphatic rings. The van der Waals surface area contributed by atoms with Gasteiger partial charge in [-0.3, -0.25) is 4.79 Å². The molecule has 0 aromatic heterocycles. The Morgan fingerprint density at radius 3 is 2.47 bits per heavy atom. The highest BCUT2D eigenvalue weighted by Crippen LogP contribution is 2.30. The quantitative estimate of drug-likeness (QED) is 0.674. The van der Waals surface area contributed by atoms with Crippen LogP contribution >= 0.6 is 0 Å². The van der Waals surface area contributed by atoms with Crippen LogP contribution in [0.2, 0.25) is 0 Å². The number of likely N-dealkylation sites (tertiary alicyclic amines) is 1. The molecule has 2 rings (SSSR count). The number of carbonyl (C=O) groups excluding carboxylic acids is 1. The molecule has 1 saturated carbocycles.